The Bertz CT molecular complexity index is 474. The van der Waals surface area contributed by atoms with Gasteiger partial charge in [0, 0.05) is 11.1 Å². The molecule has 0 bridgehead atoms. The lowest BCUT2D eigenvalue weighted by Crippen LogP contribution is -2.14. The van der Waals surface area contributed by atoms with Crippen molar-refractivity contribution in [2.45, 2.75) is 39.5 Å². The maximum Gasteiger partial charge on any atom is 0.339 e. The van der Waals surface area contributed by atoms with Gasteiger partial charge in [0.2, 0.25) is 0 Å². The summed E-state index contributed by atoms with van der Waals surface area (Å²) in [6.45, 7) is 4.74. The van der Waals surface area contributed by atoms with E-state index in [-0.39, 0.29) is 11.3 Å². The monoisotopic (exact) mass is 314 g/mol. The minimum absolute atomic E-state index is 0.0321. The lowest BCUT2D eigenvalue weighted by Gasteiger charge is -2.18. The summed E-state index contributed by atoms with van der Waals surface area (Å²) >= 11 is 5.90. The molecule has 1 aromatic carbocycles. The molecule has 0 heterocycles. The Hall–Kier alpha value is -1.42. The van der Waals surface area contributed by atoms with Gasteiger partial charge >= 0.3 is 5.97 Å². The maximum absolute atomic E-state index is 11.3. The topological polar surface area (TPSA) is 55.8 Å². The minimum Gasteiger partial charge on any atom is -0.493 e. The molecule has 5 heteroatoms. The lowest BCUT2D eigenvalue weighted by molar-refractivity contribution is 0.0690. The normalized spacial score (nSPS) is 12.0. The standard InChI is InChI=1S/C16H23ClO4/c1-4-6-7-11(5-2)10-21-15-13(16(18)19)8-12(17)9-14(15)20-3/h8-9,11H,4-7,10H2,1-3H3,(H,18,19). The Morgan fingerprint density at radius 2 is 2.10 bits per heavy atom. The second-order valence-electron chi connectivity index (χ2n) is 5.02. The van der Waals surface area contributed by atoms with Crippen LogP contribution in [0.3, 0.4) is 0 Å². The van der Waals surface area contributed by atoms with Crippen LogP contribution in [0.1, 0.15) is 49.9 Å². The third-order valence-electron chi connectivity index (χ3n) is 3.48. The predicted octanol–water partition coefficient (Wildman–Crippen LogP) is 4.64. The predicted molar refractivity (Wildman–Crippen MR) is 83.8 cm³/mol. The largest absolute Gasteiger partial charge is 0.493 e. The number of carboxylic acids is 1. The van der Waals surface area contributed by atoms with E-state index in [2.05, 4.69) is 13.8 Å². The van der Waals surface area contributed by atoms with Crippen molar-refractivity contribution in [3.8, 4) is 11.5 Å². The summed E-state index contributed by atoms with van der Waals surface area (Å²) in [5.41, 5.74) is 0.0321. The van der Waals surface area contributed by atoms with E-state index in [1.54, 1.807) is 6.07 Å². The van der Waals surface area contributed by atoms with Gasteiger partial charge in [-0.1, -0.05) is 44.7 Å². The van der Waals surface area contributed by atoms with E-state index in [4.69, 9.17) is 21.1 Å². The number of benzene rings is 1. The molecule has 0 aromatic heterocycles. The Morgan fingerprint density at radius 1 is 1.38 bits per heavy atom. The van der Waals surface area contributed by atoms with Crippen LogP contribution in [-0.4, -0.2) is 24.8 Å². The zero-order valence-corrected chi connectivity index (χ0v) is 13.6. The first-order valence-corrected chi connectivity index (χ1v) is 7.64. The average molecular weight is 315 g/mol. The summed E-state index contributed by atoms with van der Waals surface area (Å²) in [5, 5.41) is 9.59. The molecular formula is C16H23ClO4. The Kier molecular flexibility index (Phi) is 7.37. The Labute approximate surface area is 131 Å². The molecule has 1 atom stereocenters. The number of carbonyl (C=O) groups is 1. The van der Waals surface area contributed by atoms with E-state index in [9.17, 15) is 9.90 Å². The number of hydrogen-bond donors (Lipinski definition) is 1. The van der Waals surface area contributed by atoms with Gasteiger partial charge < -0.3 is 14.6 Å². The van der Waals surface area contributed by atoms with Crippen molar-refractivity contribution in [2.75, 3.05) is 13.7 Å². The highest BCUT2D eigenvalue weighted by Gasteiger charge is 2.19. The van der Waals surface area contributed by atoms with E-state index >= 15 is 0 Å². The molecule has 21 heavy (non-hydrogen) atoms. The van der Waals surface area contributed by atoms with Gasteiger partial charge in [-0.25, -0.2) is 4.79 Å². The van der Waals surface area contributed by atoms with Gasteiger partial charge in [-0.2, -0.15) is 0 Å². The molecule has 1 unspecified atom stereocenters. The highest BCUT2D eigenvalue weighted by atomic mass is 35.5. The fraction of sp³-hybridized carbons (Fsp3) is 0.562. The van der Waals surface area contributed by atoms with Crippen LogP contribution in [0, 0.1) is 5.92 Å². The van der Waals surface area contributed by atoms with Gasteiger partial charge in [0.25, 0.3) is 0 Å². The molecule has 0 saturated heterocycles. The van der Waals surface area contributed by atoms with Crippen LogP contribution in [0.2, 0.25) is 5.02 Å². The molecule has 0 fully saturated rings. The fourth-order valence-corrected chi connectivity index (χ4v) is 2.34. The van der Waals surface area contributed by atoms with Gasteiger partial charge in [0.15, 0.2) is 11.5 Å². The summed E-state index contributed by atoms with van der Waals surface area (Å²) in [5.74, 6) is -0.0611. The van der Waals surface area contributed by atoms with Crippen molar-refractivity contribution >= 4 is 17.6 Å². The van der Waals surface area contributed by atoms with E-state index in [1.807, 2.05) is 0 Å². The van der Waals surface area contributed by atoms with Crippen LogP contribution >= 0.6 is 11.6 Å². The smallest absolute Gasteiger partial charge is 0.339 e. The third-order valence-corrected chi connectivity index (χ3v) is 3.69. The highest BCUT2D eigenvalue weighted by molar-refractivity contribution is 6.31. The highest BCUT2D eigenvalue weighted by Crippen LogP contribution is 2.35. The number of ether oxygens (including phenoxy) is 2. The molecule has 0 aliphatic carbocycles. The van der Waals surface area contributed by atoms with E-state index in [0.29, 0.717) is 23.3 Å². The van der Waals surface area contributed by atoms with Crippen molar-refractivity contribution in [3.63, 3.8) is 0 Å². The number of carboxylic acid groups (broad SMARTS) is 1. The summed E-state index contributed by atoms with van der Waals surface area (Å²) in [7, 11) is 1.47. The van der Waals surface area contributed by atoms with Crippen molar-refractivity contribution in [2.24, 2.45) is 5.92 Å². The molecule has 0 amide bonds. The van der Waals surface area contributed by atoms with Crippen molar-refractivity contribution in [3.05, 3.63) is 22.7 Å². The third kappa shape index (κ3) is 5.12. The first-order valence-electron chi connectivity index (χ1n) is 7.27. The van der Waals surface area contributed by atoms with Gasteiger partial charge in [-0.3, -0.25) is 0 Å². The van der Waals surface area contributed by atoms with Crippen molar-refractivity contribution < 1.29 is 19.4 Å². The Balaban J connectivity index is 2.92. The molecule has 1 rings (SSSR count). The molecule has 1 aromatic rings. The van der Waals surface area contributed by atoms with Gasteiger partial charge in [-0.15, -0.1) is 0 Å². The van der Waals surface area contributed by atoms with Gasteiger partial charge in [-0.05, 0) is 18.4 Å². The summed E-state index contributed by atoms with van der Waals surface area (Å²) < 4.78 is 11.0. The van der Waals surface area contributed by atoms with Crippen LogP contribution in [0.25, 0.3) is 0 Å². The van der Waals surface area contributed by atoms with Crippen LogP contribution in [-0.2, 0) is 0 Å². The molecule has 0 radical (unpaired) electrons. The minimum atomic E-state index is -1.08. The molecule has 0 saturated carbocycles. The summed E-state index contributed by atoms with van der Waals surface area (Å²) in [6, 6.07) is 2.95. The molecule has 4 nitrogen and oxygen atoms in total. The van der Waals surface area contributed by atoms with Crippen LogP contribution in [0.4, 0.5) is 0 Å². The molecule has 118 valence electrons. The SMILES string of the molecule is CCCCC(CC)COc1c(OC)cc(Cl)cc1C(=O)O. The second-order valence-corrected chi connectivity index (χ2v) is 5.45. The van der Waals surface area contributed by atoms with Gasteiger partial charge in [0.05, 0.1) is 13.7 Å². The van der Waals surface area contributed by atoms with Gasteiger partial charge in [0.1, 0.15) is 5.56 Å². The number of unbranched alkanes of at least 4 members (excludes halogenated alkanes) is 1. The molecule has 0 aliphatic rings. The molecule has 0 aliphatic heterocycles. The number of hydrogen-bond acceptors (Lipinski definition) is 3. The molecule has 0 spiro atoms. The molecular weight excluding hydrogens is 292 g/mol. The number of halogens is 1. The van der Waals surface area contributed by atoms with Crippen LogP contribution < -0.4 is 9.47 Å². The molecule has 1 N–H and O–H groups in total. The fourth-order valence-electron chi connectivity index (χ4n) is 2.13. The number of aromatic carboxylic acids is 1. The van der Waals surface area contributed by atoms with Crippen molar-refractivity contribution in [1.29, 1.82) is 0 Å². The quantitative estimate of drug-likeness (QED) is 0.721. The lowest BCUT2D eigenvalue weighted by atomic mass is 10.0. The van der Waals surface area contributed by atoms with Crippen LogP contribution in [0.15, 0.2) is 12.1 Å². The van der Waals surface area contributed by atoms with Crippen molar-refractivity contribution in [1.82, 2.24) is 0 Å². The van der Waals surface area contributed by atoms with E-state index in [0.717, 1.165) is 25.7 Å². The Morgan fingerprint density at radius 3 is 2.62 bits per heavy atom. The van der Waals surface area contributed by atoms with E-state index in [1.165, 1.54) is 13.2 Å². The first-order chi connectivity index (χ1) is 10.0. The summed E-state index contributed by atoms with van der Waals surface area (Å²) in [6.07, 6.45) is 4.36. The zero-order valence-electron chi connectivity index (χ0n) is 12.8. The number of methoxy groups -OCH3 is 1. The zero-order chi connectivity index (χ0) is 15.8. The first kappa shape index (κ1) is 17.6. The maximum atomic E-state index is 11.3. The number of rotatable bonds is 9. The van der Waals surface area contributed by atoms with Crippen LogP contribution in [0.5, 0.6) is 11.5 Å². The second kappa shape index (κ2) is 8.78. The van der Waals surface area contributed by atoms with E-state index < -0.39 is 5.97 Å². The summed E-state index contributed by atoms with van der Waals surface area (Å²) in [4.78, 5) is 11.3. The average Bonchev–Trinajstić information content (AvgIpc) is 2.47.